The number of hydrazone groups is 1. The summed E-state index contributed by atoms with van der Waals surface area (Å²) in [6, 6.07) is 22.0. The van der Waals surface area contributed by atoms with Gasteiger partial charge in [-0.15, -0.1) is 0 Å². The Bertz CT molecular complexity index is 988. The predicted molar refractivity (Wildman–Crippen MR) is 109 cm³/mol. The van der Waals surface area contributed by atoms with Crippen LogP contribution >= 0.6 is 0 Å². The van der Waals surface area contributed by atoms with Gasteiger partial charge in [-0.2, -0.15) is 5.10 Å². The maximum atomic E-state index is 4.46. The Kier molecular flexibility index (Phi) is 5.17. The maximum Gasteiger partial charge on any atom is 0.151 e. The lowest BCUT2D eigenvalue weighted by Gasteiger charge is -2.06. The molecule has 2 aromatic heterocycles. The number of nitrogens with one attached hydrogen (secondary N) is 3. The topological polar surface area (TPSA) is 78.0 Å². The Balaban J connectivity index is 1.28. The Hall–Kier alpha value is -3.51. The van der Waals surface area contributed by atoms with Crippen LogP contribution in [0.4, 0.5) is 5.69 Å². The average Bonchev–Trinajstić information content (AvgIpc) is 3.13. The van der Waals surface area contributed by atoms with Crippen molar-refractivity contribution in [3.63, 3.8) is 0 Å². The molecule has 0 amide bonds. The molecule has 4 aromatic rings. The molecule has 6 heteroatoms. The second kappa shape index (κ2) is 8.25. The summed E-state index contributed by atoms with van der Waals surface area (Å²) in [4.78, 5) is 12.0. The molecular formula is C21H20N6. The van der Waals surface area contributed by atoms with Crippen LogP contribution < -0.4 is 10.7 Å². The molecule has 0 spiro atoms. The fraction of sp³-hybridized carbons (Fsp3) is 0.0952. The van der Waals surface area contributed by atoms with Crippen LogP contribution in [0.15, 0.2) is 78.0 Å². The summed E-state index contributed by atoms with van der Waals surface area (Å²) in [6.45, 7) is 1.54. The van der Waals surface area contributed by atoms with Crippen molar-refractivity contribution in [2.24, 2.45) is 5.10 Å². The van der Waals surface area contributed by atoms with Crippen LogP contribution in [0.5, 0.6) is 0 Å². The van der Waals surface area contributed by atoms with Gasteiger partial charge in [-0.3, -0.25) is 10.4 Å². The highest BCUT2D eigenvalue weighted by atomic mass is 15.3. The molecule has 2 aromatic carbocycles. The van der Waals surface area contributed by atoms with Gasteiger partial charge in [-0.1, -0.05) is 30.3 Å². The molecular weight excluding hydrogens is 336 g/mol. The average molecular weight is 356 g/mol. The van der Waals surface area contributed by atoms with Crippen LogP contribution in [-0.4, -0.2) is 21.2 Å². The second-order valence-corrected chi connectivity index (χ2v) is 6.13. The molecule has 0 unspecified atom stereocenters. The number of anilines is 1. The van der Waals surface area contributed by atoms with Crippen LogP contribution in [0, 0.1) is 0 Å². The zero-order valence-electron chi connectivity index (χ0n) is 14.8. The molecule has 0 aliphatic rings. The zero-order chi connectivity index (χ0) is 18.3. The van der Waals surface area contributed by atoms with Gasteiger partial charge in [0, 0.05) is 19.3 Å². The molecule has 3 N–H and O–H groups in total. The van der Waals surface area contributed by atoms with E-state index >= 15 is 0 Å². The van der Waals surface area contributed by atoms with Gasteiger partial charge in [-0.05, 0) is 42.0 Å². The molecule has 4 rings (SSSR count). The molecule has 0 saturated carbocycles. The number of imidazole rings is 1. The smallest absolute Gasteiger partial charge is 0.151 e. The molecule has 0 atom stereocenters. The second-order valence-electron chi connectivity index (χ2n) is 6.13. The summed E-state index contributed by atoms with van der Waals surface area (Å²) in [5, 5.41) is 7.64. The first-order valence-corrected chi connectivity index (χ1v) is 8.80. The minimum absolute atomic E-state index is 0.721. The highest BCUT2D eigenvalue weighted by molar-refractivity contribution is 5.84. The first-order valence-electron chi connectivity index (χ1n) is 8.80. The highest BCUT2D eigenvalue weighted by Gasteiger charge is 1.99. The lowest BCUT2D eigenvalue weighted by molar-refractivity contribution is 0.680. The van der Waals surface area contributed by atoms with Crippen LogP contribution in [0.25, 0.3) is 11.0 Å². The van der Waals surface area contributed by atoms with E-state index in [1.54, 1.807) is 6.21 Å². The number of aromatic amines is 1. The summed E-state index contributed by atoms with van der Waals surface area (Å²) in [5.74, 6) is 0.721. The van der Waals surface area contributed by atoms with Crippen LogP contribution in [0.1, 0.15) is 17.1 Å². The molecule has 134 valence electrons. The van der Waals surface area contributed by atoms with Crippen LogP contribution in [-0.2, 0) is 13.1 Å². The number of fused-ring (bicyclic) bond motifs is 1. The van der Waals surface area contributed by atoms with Crippen molar-refractivity contribution >= 4 is 22.9 Å². The Morgan fingerprint density at radius 1 is 0.926 bits per heavy atom. The lowest BCUT2D eigenvalue weighted by Crippen LogP contribution is -2.13. The van der Waals surface area contributed by atoms with Crippen LogP contribution in [0.3, 0.4) is 0 Å². The van der Waals surface area contributed by atoms with E-state index in [0.717, 1.165) is 41.3 Å². The predicted octanol–water partition coefficient (Wildman–Crippen LogP) is 3.69. The third-order valence-corrected chi connectivity index (χ3v) is 4.10. The van der Waals surface area contributed by atoms with E-state index < -0.39 is 0 Å². The Morgan fingerprint density at radius 2 is 1.78 bits per heavy atom. The van der Waals surface area contributed by atoms with E-state index in [1.807, 2.05) is 60.8 Å². The number of H-pyrrole nitrogens is 1. The summed E-state index contributed by atoms with van der Waals surface area (Å²) >= 11 is 0. The molecule has 0 fully saturated rings. The van der Waals surface area contributed by atoms with Gasteiger partial charge in [0.15, 0.2) is 5.82 Å². The summed E-state index contributed by atoms with van der Waals surface area (Å²) in [7, 11) is 0. The van der Waals surface area contributed by atoms with Crippen molar-refractivity contribution in [2.45, 2.75) is 13.1 Å². The first kappa shape index (κ1) is 16.9. The van der Waals surface area contributed by atoms with Gasteiger partial charge in [0.2, 0.25) is 0 Å². The summed E-state index contributed by atoms with van der Waals surface area (Å²) in [6.07, 6.45) is 3.49. The van der Waals surface area contributed by atoms with Crippen molar-refractivity contribution in [1.29, 1.82) is 0 Å². The molecule has 0 saturated heterocycles. The van der Waals surface area contributed by atoms with E-state index in [2.05, 4.69) is 42.9 Å². The number of pyridine rings is 1. The fourth-order valence-electron chi connectivity index (χ4n) is 2.74. The molecule has 0 aliphatic heterocycles. The zero-order valence-corrected chi connectivity index (χ0v) is 14.8. The van der Waals surface area contributed by atoms with Gasteiger partial charge in [0.05, 0.1) is 28.6 Å². The molecule has 2 heterocycles. The molecule has 6 nitrogen and oxygen atoms in total. The normalized spacial score (nSPS) is 11.3. The van der Waals surface area contributed by atoms with Gasteiger partial charge in [0.1, 0.15) is 0 Å². The van der Waals surface area contributed by atoms with Gasteiger partial charge < -0.3 is 10.3 Å². The summed E-state index contributed by atoms with van der Waals surface area (Å²) < 4.78 is 0. The third-order valence-electron chi connectivity index (χ3n) is 4.10. The van der Waals surface area contributed by atoms with Crippen molar-refractivity contribution in [2.75, 3.05) is 5.43 Å². The quantitative estimate of drug-likeness (QED) is 0.349. The third kappa shape index (κ3) is 4.56. The van der Waals surface area contributed by atoms with Crippen molar-refractivity contribution in [1.82, 2.24) is 20.3 Å². The Labute approximate surface area is 157 Å². The van der Waals surface area contributed by atoms with Crippen molar-refractivity contribution < 1.29 is 0 Å². The maximum absolute atomic E-state index is 4.46. The van der Waals surface area contributed by atoms with Crippen molar-refractivity contribution in [3.05, 3.63) is 90.0 Å². The number of aromatic nitrogens is 3. The monoisotopic (exact) mass is 356 g/mol. The molecule has 0 bridgehead atoms. The molecule has 0 radical (unpaired) electrons. The Morgan fingerprint density at radius 3 is 2.59 bits per heavy atom. The summed E-state index contributed by atoms with van der Waals surface area (Å²) in [5.41, 5.74) is 8.13. The highest BCUT2D eigenvalue weighted by Crippen LogP contribution is 2.11. The van der Waals surface area contributed by atoms with Crippen molar-refractivity contribution in [3.8, 4) is 0 Å². The van der Waals surface area contributed by atoms with Gasteiger partial charge in [-0.25, -0.2) is 4.98 Å². The van der Waals surface area contributed by atoms with Gasteiger partial charge >= 0.3 is 0 Å². The number of nitrogens with zero attached hydrogens (tertiary/aromatic N) is 3. The minimum Gasteiger partial charge on any atom is -0.337 e. The van der Waals surface area contributed by atoms with E-state index in [-0.39, 0.29) is 0 Å². The number of hydrogen-bond donors (Lipinski definition) is 3. The lowest BCUT2D eigenvalue weighted by atomic mass is 10.2. The minimum atomic E-state index is 0.721. The van der Waals surface area contributed by atoms with Crippen LogP contribution in [0.2, 0.25) is 0 Å². The number of benzene rings is 2. The largest absolute Gasteiger partial charge is 0.337 e. The first-order chi connectivity index (χ1) is 13.4. The standard InChI is InChI=1S/C21H20N6/c1-2-7-20-19(6-1)25-21(26-20)15-24-27-17-10-8-16(9-11-17)13-22-14-18-5-3-4-12-23-18/h1-12,15,22,27H,13-14H2,(H,25,26)/b24-15+. The van der Waals surface area contributed by atoms with E-state index in [4.69, 9.17) is 0 Å². The SMILES string of the molecule is C(=N\Nc1ccc(CNCc2ccccn2)cc1)/c1nc2ccccc2[nH]1. The fourth-order valence-corrected chi connectivity index (χ4v) is 2.74. The van der Waals surface area contributed by atoms with E-state index in [0.29, 0.717) is 0 Å². The van der Waals surface area contributed by atoms with E-state index in [9.17, 15) is 0 Å². The molecule has 0 aliphatic carbocycles. The number of rotatable bonds is 7. The number of para-hydroxylation sites is 2. The number of hydrogen-bond acceptors (Lipinski definition) is 5. The molecule has 27 heavy (non-hydrogen) atoms. The van der Waals surface area contributed by atoms with E-state index in [1.165, 1.54) is 5.56 Å². The van der Waals surface area contributed by atoms with Gasteiger partial charge in [0.25, 0.3) is 0 Å².